The number of ether oxygens (including phenoxy) is 1. The van der Waals surface area contributed by atoms with Gasteiger partial charge in [0.05, 0.1) is 5.69 Å². The Bertz CT molecular complexity index is 440. The molecule has 0 bridgehead atoms. The van der Waals surface area contributed by atoms with Crippen LogP contribution in [-0.2, 0) is 9.59 Å². The van der Waals surface area contributed by atoms with E-state index < -0.39 is 12.6 Å². The zero-order valence-corrected chi connectivity index (χ0v) is 9.18. The van der Waals surface area contributed by atoms with Crippen LogP contribution in [0.25, 0.3) is 0 Å². The van der Waals surface area contributed by atoms with Crippen LogP contribution >= 0.6 is 0 Å². The number of anilines is 1. The van der Waals surface area contributed by atoms with Gasteiger partial charge in [-0.3, -0.25) is 4.79 Å². The van der Waals surface area contributed by atoms with Crippen molar-refractivity contribution in [1.82, 2.24) is 0 Å². The summed E-state index contributed by atoms with van der Waals surface area (Å²) < 4.78 is 5.09. The first-order valence-corrected chi connectivity index (χ1v) is 5.41. The van der Waals surface area contributed by atoms with Crippen LogP contribution in [0.5, 0.6) is 5.75 Å². The monoisotopic (exact) mass is 235 g/mol. The summed E-state index contributed by atoms with van der Waals surface area (Å²) in [6, 6.07) is 6.81. The third kappa shape index (κ3) is 3.21. The lowest BCUT2D eigenvalue weighted by Crippen LogP contribution is -2.15. The van der Waals surface area contributed by atoms with Gasteiger partial charge < -0.3 is 15.2 Å². The van der Waals surface area contributed by atoms with Crippen LogP contribution in [0.15, 0.2) is 24.3 Å². The largest absolute Gasteiger partial charge is 0.480 e. The topological polar surface area (TPSA) is 75.6 Å². The van der Waals surface area contributed by atoms with Crippen LogP contribution in [0, 0.1) is 5.92 Å². The Labute approximate surface area is 98.4 Å². The van der Waals surface area contributed by atoms with E-state index in [9.17, 15) is 9.59 Å². The predicted molar refractivity (Wildman–Crippen MR) is 60.9 cm³/mol. The van der Waals surface area contributed by atoms with Gasteiger partial charge in [0.2, 0.25) is 5.91 Å². The van der Waals surface area contributed by atoms with E-state index in [1.807, 2.05) is 0 Å². The minimum atomic E-state index is -1.05. The molecule has 1 aliphatic carbocycles. The number of carbonyl (C=O) groups is 2. The lowest BCUT2D eigenvalue weighted by Gasteiger charge is -2.10. The molecule has 2 rings (SSSR count). The average molecular weight is 235 g/mol. The van der Waals surface area contributed by atoms with Gasteiger partial charge in [0.15, 0.2) is 6.61 Å². The molecule has 1 amide bonds. The van der Waals surface area contributed by atoms with Crippen LogP contribution < -0.4 is 10.1 Å². The number of aliphatic carboxylic acids is 1. The molecule has 0 radical (unpaired) electrons. The zero-order valence-electron chi connectivity index (χ0n) is 9.18. The minimum Gasteiger partial charge on any atom is -0.480 e. The highest BCUT2D eigenvalue weighted by Gasteiger charge is 2.30. The highest BCUT2D eigenvalue weighted by atomic mass is 16.5. The molecule has 0 aliphatic heterocycles. The van der Waals surface area contributed by atoms with E-state index in [1.54, 1.807) is 24.3 Å². The summed E-state index contributed by atoms with van der Waals surface area (Å²) >= 11 is 0. The molecule has 1 aromatic rings. The number of amides is 1. The molecule has 0 heterocycles. The molecule has 0 atom stereocenters. The molecular weight excluding hydrogens is 222 g/mol. The minimum absolute atomic E-state index is 0.0311. The molecule has 90 valence electrons. The molecule has 5 nitrogen and oxygen atoms in total. The standard InChI is InChI=1S/C12H13NO4/c14-11(15)7-17-10-4-2-1-3-9(10)13-12(16)8-5-6-8/h1-4,8H,5-7H2,(H,13,16)(H,14,15). The number of nitrogens with one attached hydrogen (secondary N) is 1. The van der Waals surface area contributed by atoms with Gasteiger partial charge in [0.25, 0.3) is 0 Å². The van der Waals surface area contributed by atoms with Gasteiger partial charge in [-0.15, -0.1) is 0 Å². The van der Waals surface area contributed by atoms with Crippen molar-refractivity contribution in [3.05, 3.63) is 24.3 Å². The number of hydrogen-bond donors (Lipinski definition) is 2. The molecule has 17 heavy (non-hydrogen) atoms. The second-order valence-electron chi connectivity index (χ2n) is 3.94. The van der Waals surface area contributed by atoms with Crippen molar-refractivity contribution >= 4 is 17.6 Å². The van der Waals surface area contributed by atoms with Crippen LogP contribution in [0.1, 0.15) is 12.8 Å². The van der Waals surface area contributed by atoms with Crippen molar-refractivity contribution in [1.29, 1.82) is 0 Å². The summed E-state index contributed by atoms with van der Waals surface area (Å²) in [6.45, 7) is -0.420. The Morgan fingerprint density at radius 3 is 2.71 bits per heavy atom. The van der Waals surface area contributed by atoms with E-state index in [1.165, 1.54) is 0 Å². The molecule has 1 aliphatic rings. The van der Waals surface area contributed by atoms with E-state index in [4.69, 9.17) is 9.84 Å². The van der Waals surface area contributed by atoms with Gasteiger partial charge in [-0.2, -0.15) is 0 Å². The lowest BCUT2D eigenvalue weighted by atomic mass is 10.2. The van der Waals surface area contributed by atoms with Gasteiger partial charge in [0.1, 0.15) is 5.75 Å². The summed E-state index contributed by atoms with van der Waals surface area (Å²) in [5.74, 6) is -0.601. The van der Waals surface area contributed by atoms with Crippen molar-refractivity contribution in [3.63, 3.8) is 0 Å². The smallest absolute Gasteiger partial charge is 0.341 e. The maximum atomic E-state index is 11.6. The Balaban J connectivity index is 2.03. The van der Waals surface area contributed by atoms with Crippen molar-refractivity contribution < 1.29 is 19.4 Å². The molecular formula is C12H13NO4. The number of carboxylic acids is 1. The summed E-state index contributed by atoms with van der Waals surface area (Å²) in [6.07, 6.45) is 1.84. The summed E-state index contributed by atoms with van der Waals surface area (Å²) in [5.41, 5.74) is 0.519. The summed E-state index contributed by atoms with van der Waals surface area (Å²) in [7, 11) is 0. The second-order valence-corrected chi connectivity index (χ2v) is 3.94. The van der Waals surface area contributed by atoms with Crippen LogP contribution in [-0.4, -0.2) is 23.6 Å². The fourth-order valence-corrected chi connectivity index (χ4v) is 1.42. The second kappa shape index (κ2) is 4.86. The molecule has 1 saturated carbocycles. The summed E-state index contributed by atoms with van der Waals surface area (Å²) in [4.78, 5) is 22.0. The molecule has 0 saturated heterocycles. The van der Waals surface area contributed by atoms with Crippen LogP contribution in [0.2, 0.25) is 0 Å². The highest BCUT2D eigenvalue weighted by molar-refractivity contribution is 5.95. The first kappa shape index (κ1) is 11.4. The van der Waals surface area contributed by atoms with Gasteiger partial charge in [0, 0.05) is 5.92 Å². The normalized spacial score (nSPS) is 14.1. The fraction of sp³-hybridized carbons (Fsp3) is 0.333. The first-order valence-electron chi connectivity index (χ1n) is 5.41. The maximum absolute atomic E-state index is 11.6. The Morgan fingerprint density at radius 2 is 2.06 bits per heavy atom. The SMILES string of the molecule is O=C(O)COc1ccccc1NC(=O)C1CC1. The quantitative estimate of drug-likeness (QED) is 0.810. The van der Waals surface area contributed by atoms with E-state index in [-0.39, 0.29) is 11.8 Å². The molecule has 1 aromatic carbocycles. The number of hydrogen-bond acceptors (Lipinski definition) is 3. The summed E-state index contributed by atoms with van der Waals surface area (Å²) in [5, 5.41) is 11.3. The number of benzene rings is 1. The van der Waals surface area contributed by atoms with Gasteiger partial charge in [-0.25, -0.2) is 4.79 Å². The van der Waals surface area contributed by atoms with Gasteiger partial charge in [-0.05, 0) is 25.0 Å². The maximum Gasteiger partial charge on any atom is 0.341 e. The molecule has 0 aromatic heterocycles. The molecule has 5 heteroatoms. The Morgan fingerprint density at radius 1 is 1.35 bits per heavy atom. The van der Waals surface area contributed by atoms with Crippen molar-refractivity contribution in [2.24, 2.45) is 5.92 Å². The highest BCUT2D eigenvalue weighted by Crippen LogP contribution is 2.32. The van der Waals surface area contributed by atoms with Gasteiger partial charge >= 0.3 is 5.97 Å². The Hall–Kier alpha value is -2.04. The van der Waals surface area contributed by atoms with Crippen molar-refractivity contribution in [2.45, 2.75) is 12.8 Å². The first-order chi connectivity index (χ1) is 8.16. The van der Waals surface area contributed by atoms with E-state index in [0.29, 0.717) is 11.4 Å². The van der Waals surface area contributed by atoms with E-state index in [0.717, 1.165) is 12.8 Å². The number of carbonyl (C=O) groups excluding carboxylic acids is 1. The van der Waals surface area contributed by atoms with Crippen molar-refractivity contribution in [2.75, 3.05) is 11.9 Å². The molecule has 1 fully saturated rings. The average Bonchev–Trinajstić information content (AvgIpc) is 3.11. The van der Waals surface area contributed by atoms with Gasteiger partial charge in [-0.1, -0.05) is 12.1 Å². The molecule has 0 spiro atoms. The molecule has 0 unspecified atom stereocenters. The van der Waals surface area contributed by atoms with E-state index >= 15 is 0 Å². The third-order valence-electron chi connectivity index (χ3n) is 2.44. The van der Waals surface area contributed by atoms with Crippen LogP contribution in [0.4, 0.5) is 5.69 Å². The fourth-order valence-electron chi connectivity index (χ4n) is 1.42. The predicted octanol–water partition coefficient (Wildman–Crippen LogP) is 1.50. The number of rotatable bonds is 5. The van der Waals surface area contributed by atoms with E-state index in [2.05, 4.69) is 5.32 Å². The third-order valence-corrected chi connectivity index (χ3v) is 2.44. The van der Waals surface area contributed by atoms with Crippen molar-refractivity contribution in [3.8, 4) is 5.75 Å². The number of para-hydroxylation sites is 2. The zero-order chi connectivity index (χ0) is 12.3. The number of carboxylic acid groups (broad SMARTS) is 1. The molecule has 2 N–H and O–H groups in total. The Kier molecular flexibility index (Phi) is 3.27. The van der Waals surface area contributed by atoms with Crippen LogP contribution in [0.3, 0.4) is 0 Å². The lowest BCUT2D eigenvalue weighted by molar-refractivity contribution is -0.139.